The van der Waals surface area contributed by atoms with E-state index in [4.69, 9.17) is 9.05 Å². The average Bonchev–Trinajstić information content (AvgIpc) is 3.08. The van der Waals surface area contributed by atoms with Gasteiger partial charge in [0.1, 0.15) is 0 Å². The van der Waals surface area contributed by atoms with Crippen molar-refractivity contribution in [3.05, 3.63) is 22.9 Å². The summed E-state index contributed by atoms with van der Waals surface area (Å²) in [5.74, 6) is 0. The number of rotatable bonds is 7. The highest BCUT2D eigenvalue weighted by atomic mass is 32.1. The lowest BCUT2D eigenvalue weighted by Gasteiger charge is -2.17. The van der Waals surface area contributed by atoms with Gasteiger partial charge < -0.3 is 9.05 Å². The number of thiophene rings is 2. The Balaban J connectivity index is 2.45. The minimum atomic E-state index is -3.29. The monoisotopic (exact) mass is 348 g/mol. The Bertz CT molecular complexity index is 625. The van der Waals surface area contributed by atoms with E-state index in [2.05, 4.69) is 0 Å². The molecule has 2 aromatic heterocycles. The highest BCUT2D eigenvalue weighted by molar-refractivity contribution is 7.63. The van der Waals surface area contributed by atoms with E-state index in [1.807, 2.05) is 16.8 Å². The second-order valence-electron chi connectivity index (χ2n) is 3.73. The molecule has 4 nitrogen and oxygen atoms in total. The number of hydrogen-bond donors (Lipinski definition) is 0. The summed E-state index contributed by atoms with van der Waals surface area (Å²) in [5, 5.41) is 4.98. The lowest BCUT2D eigenvalue weighted by molar-refractivity contribution is 0.230. The molecule has 0 amide bonds. The Morgan fingerprint density at radius 3 is 2.50 bits per heavy atom. The molecule has 0 atom stereocenters. The molecule has 2 rings (SSSR count). The van der Waals surface area contributed by atoms with E-state index in [-0.39, 0.29) is 8.46 Å². The molecule has 0 fully saturated rings. The molecule has 0 aliphatic heterocycles. The standard InChI is InChI=1S/C12H14O4P2S2/c1-3-15-18(14,16-4-2)10-5-6-19-12(10)11-7-9(17-13)8-20-11/h5-8H,3-4H2,1-2H3. The first-order chi connectivity index (χ1) is 9.64. The predicted octanol–water partition coefficient (Wildman–Crippen LogP) is 4.29. The lowest BCUT2D eigenvalue weighted by atomic mass is 10.4. The zero-order valence-corrected chi connectivity index (χ0v) is 14.5. The summed E-state index contributed by atoms with van der Waals surface area (Å²) in [7, 11) is -3.30. The number of hydrogen-bond acceptors (Lipinski definition) is 6. The van der Waals surface area contributed by atoms with Crippen molar-refractivity contribution >= 4 is 49.3 Å². The third kappa shape index (κ3) is 3.28. The molecule has 0 N–H and O–H groups in total. The average molecular weight is 348 g/mol. The smallest absolute Gasteiger partial charge is 0.305 e. The molecular weight excluding hydrogens is 334 g/mol. The molecule has 0 aliphatic rings. The van der Waals surface area contributed by atoms with E-state index in [1.165, 1.54) is 22.7 Å². The predicted molar refractivity (Wildman–Crippen MR) is 85.4 cm³/mol. The van der Waals surface area contributed by atoms with Crippen LogP contribution in [0, 0.1) is 0 Å². The molecule has 0 radical (unpaired) electrons. The van der Waals surface area contributed by atoms with Gasteiger partial charge in [-0.3, -0.25) is 9.13 Å². The van der Waals surface area contributed by atoms with Gasteiger partial charge in [0, 0.05) is 10.3 Å². The minimum Gasteiger partial charge on any atom is -0.305 e. The van der Waals surface area contributed by atoms with E-state index < -0.39 is 7.60 Å². The highest BCUT2D eigenvalue weighted by Crippen LogP contribution is 2.50. The molecular formula is C12H14O4P2S2. The lowest BCUT2D eigenvalue weighted by Crippen LogP contribution is -2.10. The van der Waals surface area contributed by atoms with Gasteiger partial charge in [0.2, 0.25) is 0 Å². The third-order valence-corrected chi connectivity index (χ3v) is 7.43. The van der Waals surface area contributed by atoms with Crippen LogP contribution in [0.2, 0.25) is 0 Å². The summed E-state index contributed by atoms with van der Waals surface area (Å²) in [5.41, 5.74) is 0. The molecule has 0 aromatic carbocycles. The van der Waals surface area contributed by atoms with Gasteiger partial charge in [0.25, 0.3) is 0 Å². The Labute approximate surface area is 127 Å². The molecule has 0 bridgehead atoms. The van der Waals surface area contributed by atoms with Crippen LogP contribution in [-0.2, 0) is 18.2 Å². The van der Waals surface area contributed by atoms with Crippen molar-refractivity contribution in [1.82, 2.24) is 0 Å². The van der Waals surface area contributed by atoms with Gasteiger partial charge in [-0.1, -0.05) is 0 Å². The maximum absolute atomic E-state index is 12.8. The maximum atomic E-state index is 12.8. The summed E-state index contributed by atoms with van der Waals surface area (Å²) in [6, 6.07) is 3.61. The SMILES string of the molecule is CCOP(=O)(OCC)c1ccsc1-c1cc(P=O)cs1. The van der Waals surface area contributed by atoms with Crippen molar-refractivity contribution in [3.8, 4) is 9.75 Å². The zero-order valence-electron chi connectivity index (χ0n) is 11.1. The summed E-state index contributed by atoms with van der Waals surface area (Å²) in [4.78, 5) is 1.78. The molecule has 2 heterocycles. The van der Waals surface area contributed by atoms with Crippen LogP contribution in [-0.4, -0.2) is 13.2 Å². The largest absolute Gasteiger partial charge is 0.362 e. The Hall–Kier alpha value is -0.350. The topological polar surface area (TPSA) is 52.6 Å². The zero-order chi connectivity index (χ0) is 14.6. The fourth-order valence-electron chi connectivity index (χ4n) is 1.71. The fraction of sp³-hybridized carbons (Fsp3) is 0.333. The second-order valence-corrected chi connectivity index (χ2v) is 8.25. The quantitative estimate of drug-likeness (QED) is 0.701. The van der Waals surface area contributed by atoms with E-state index in [0.717, 1.165) is 9.75 Å². The van der Waals surface area contributed by atoms with Crippen LogP contribution in [0.5, 0.6) is 0 Å². The fourth-order valence-corrected chi connectivity index (χ4v) is 6.36. The molecule has 20 heavy (non-hydrogen) atoms. The maximum Gasteiger partial charge on any atom is 0.362 e. The van der Waals surface area contributed by atoms with E-state index in [9.17, 15) is 9.13 Å². The van der Waals surface area contributed by atoms with Crippen LogP contribution in [0.4, 0.5) is 0 Å². The Morgan fingerprint density at radius 2 is 1.95 bits per heavy atom. The van der Waals surface area contributed by atoms with E-state index in [1.54, 1.807) is 19.9 Å². The van der Waals surface area contributed by atoms with Crippen LogP contribution < -0.4 is 10.6 Å². The van der Waals surface area contributed by atoms with E-state index in [0.29, 0.717) is 23.8 Å². The second kappa shape index (κ2) is 7.08. The van der Waals surface area contributed by atoms with Crippen LogP contribution in [0.1, 0.15) is 13.8 Å². The van der Waals surface area contributed by atoms with Gasteiger partial charge in [-0.25, -0.2) is 0 Å². The molecule has 0 saturated heterocycles. The van der Waals surface area contributed by atoms with Gasteiger partial charge in [0.05, 0.1) is 28.7 Å². The molecule has 8 heteroatoms. The Morgan fingerprint density at radius 1 is 1.25 bits per heavy atom. The van der Waals surface area contributed by atoms with Gasteiger partial charge in [-0.05, 0) is 31.4 Å². The van der Waals surface area contributed by atoms with Crippen molar-refractivity contribution in [1.29, 1.82) is 0 Å². The third-order valence-electron chi connectivity index (χ3n) is 2.45. The summed E-state index contributed by atoms with van der Waals surface area (Å²) >= 11 is 2.95. The highest BCUT2D eigenvalue weighted by Gasteiger charge is 2.31. The van der Waals surface area contributed by atoms with Crippen molar-refractivity contribution in [3.63, 3.8) is 0 Å². The summed E-state index contributed by atoms with van der Waals surface area (Å²) < 4.78 is 34.5. The van der Waals surface area contributed by atoms with Crippen molar-refractivity contribution in [2.24, 2.45) is 0 Å². The van der Waals surface area contributed by atoms with Gasteiger partial charge in [-0.2, -0.15) is 0 Å². The minimum absolute atomic E-state index is 0.0114. The molecule has 2 aromatic rings. The van der Waals surface area contributed by atoms with Crippen LogP contribution in [0.3, 0.4) is 0 Å². The molecule has 0 spiro atoms. The summed E-state index contributed by atoms with van der Waals surface area (Å²) in [6.07, 6.45) is 0. The van der Waals surface area contributed by atoms with Gasteiger partial charge in [-0.15, -0.1) is 22.7 Å². The Kier molecular flexibility index (Phi) is 5.67. The van der Waals surface area contributed by atoms with Crippen molar-refractivity contribution in [2.45, 2.75) is 13.8 Å². The molecule has 0 unspecified atom stereocenters. The molecule has 0 saturated carbocycles. The normalized spacial score (nSPS) is 12.1. The van der Waals surface area contributed by atoms with Crippen molar-refractivity contribution < 1.29 is 18.2 Å². The van der Waals surface area contributed by atoms with Crippen molar-refractivity contribution in [2.75, 3.05) is 13.2 Å². The van der Waals surface area contributed by atoms with Crippen LogP contribution in [0.25, 0.3) is 9.75 Å². The van der Waals surface area contributed by atoms with Crippen LogP contribution in [0.15, 0.2) is 22.9 Å². The molecule has 108 valence electrons. The van der Waals surface area contributed by atoms with Crippen LogP contribution >= 0.6 is 38.7 Å². The van der Waals surface area contributed by atoms with Gasteiger partial charge in [0.15, 0.2) is 8.46 Å². The first-order valence-electron chi connectivity index (χ1n) is 6.04. The first kappa shape index (κ1) is 16.0. The first-order valence-corrected chi connectivity index (χ1v) is 10.2. The van der Waals surface area contributed by atoms with Gasteiger partial charge >= 0.3 is 7.60 Å². The molecule has 0 aliphatic carbocycles. The summed E-state index contributed by atoms with van der Waals surface area (Å²) in [6.45, 7) is 4.22. The van der Waals surface area contributed by atoms with E-state index >= 15 is 0 Å².